The molecule has 1 heterocycles. The number of hydrogen-bond acceptors (Lipinski definition) is 3. The molecule has 1 fully saturated rings. The first-order valence-electron chi connectivity index (χ1n) is 7.19. The fourth-order valence-corrected chi connectivity index (χ4v) is 2.48. The van der Waals surface area contributed by atoms with Gasteiger partial charge in [0, 0.05) is 19.1 Å². The summed E-state index contributed by atoms with van der Waals surface area (Å²) >= 11 is 0. The van der Waals surface area contributed by atoms with Crippen molar-refractivity contribution < 1.29 is 23.1 Å². The van der Waals surface area contributed by atoms with Gasteiger partial charge in [-0.3, -0.25) is 4.79 Å². The van der Waals surface area contributed by atoms with Crippen LogP contribution in [0.5, 0.6) is 0 Å². The Morgan fingerprint density at radius 1 is 1.36 bits per heavy atom. The lowest BCUT2D eigenvalue weighted by Gasteiger charge is -2.33. The molecule has 1 aromatic rings. The Bertz CT molecular complexity index is 545. The largest absolute Gasteiger partial charge is 0.450 e. The van der Waals surface area contributed by atoms with Gasteiger partial charge in [-0.1, -0.05) is 6.07 Å². The second-order valence-electron chi connectivity index (χ2n) is 5.05. The molecule has 5 nitrogen and oxygen atoms in total. The normalized spacial score (nSPS) is 18.0. The van der Waals surface area contributed by atoms with Crippen LogP contribution in [0, 0.1) is 11.6 Å². The Kier molecular flexibility index (Phi) is 5.30. The molecule has 7 heteroatoms. The van der Waals surface area contributed by atoms with Crippen LogP contribution in [-0.2, 0) is 4.74 Å². The highest BCUT2D eigenvalue weighted by Gasteiger charge is 2.28. The first-order chi connectivity index (χ1) is 10.5. The highest BCUT2D eigenvalue weighted by molar-refractivity contribution is 5.94. The fraction of sp³-hybridized carbons (Fsp3) is 0.467. The lowest BCUT2D eigenvalue weighted by atomic mass is 10.0. The molecule has 0 saturated carbocycles. The van der Waals surface area contributed by atoms with Crippen LogP contribution >= 0.6 is 0 Å². The van der Waals surface area contributed by atoms with Gasteiger partial charge in [0.1, 0.15) is 17.2 Å². The predicted octanol–water partition coefficient (Wildman–Crippen LogP) is 2.32. The molecule has 1 N–H and O–H groups in total. The number of hydrogen-bond donors (Lipinski definition) is 1. The van der Waals surface area contributed by atoms with Crippen molar-refractivity contribution in [3.8, 4) is 0 Å². The van der Waals surface area contributed by atoms with Crippen molar-refractivity contribution in [2.45, 2.75) is 25.8 Å². The first kappa shape index (κ1) is 16.2. The molecule has 2 amide bonds. The van der Waals surface area contributed by atoms with Crippen molar-refractivity contribution in [1.29, 1.82) is 0 Å². The molecule has 0 bridgehead atoms. The number of rotatable bonds is 3. The maximum absolute atomic E-state index is 13.7. The SMILES string of the molecule is CCOC(=O)N[C@H]1CCCN(C(=O)c2c(F)cccc2F)C1. The van der Waals surface area contributed by atoms with Crippen molar-refractivity contribution in [3.05, 3.63) is 35.4 Å². The number of carbonyl (C=O) groups is 2. The van der Waals surface area contributed by atoms with E-state index in [1.165, 1.54) is 11.0 Å². The molecule has 2 rings (SSSR count). The molecule has 0 radical (unpaired) electrons. The molecule has 1 aliphatic rings. The Morgan fingerprint density at radius 3 is 2.68 bits per heavy atom. The van der Waals surface area contributed by atoms with Crippen LogP contribution in [0.4, 0.5) is 13.6 Å². The summed E-state index contributed by atoms with van der Waals surface area (Å²) in [4.78, 5) is 25.1. The van der Waals surface area contributed by atoms with Gasteiger partial charge in [0.15, 0.2) is 0 Å². The lowest BCUT2D eigenvalue weighted by Crippen LogP contribution is -2.50. The zero-order valence-electron chi connectivity index (χ0n) is 12.3. The number of benzene rings is 1. The lowest BCUT2D eigenvalue weighted by molar-refractivity contribution is 0.0676. The van der Waals surface area contributed by atoms with Gasteiger partial charge in [-0.15, -0.1) is 0 Å². The molecule has 0 unspecified atom stereocenters. The highest BCUT2D eigenvalue weighted by Crippen LogP contribution is 2.18. The molecule has 0 aliphatic carbocycles. The van der Waals surface area contributed by atoms with Crippen LogP contribution in [-0.4, -0.2) is 42.6 Å². The van der Waals surface area contributed by atoms with Crippen molar-refractivity contribution in [3.63, 3.8) is 0 Å². The number of halogens is 2. The van der Waals surface area contributed by atoms with Gasteiger partial charge in [0.25, 0.3) is 5.91 Å². The van der Waals surface area contributed by atoms with E-state index < -0.39 is 29.2 Å². The Balaban J connectivity index is 2.06. The maximum atomic E-state index is 13.7. The van der Waals surface area contributed by atoms with E-state index in [0.717, 1.165) is 12.1 Å². The van der Waals surface area contributed by atoms with Gasteiger partial charge in [0.2, 0.25) is 0 Å². The van der Waals surface area contributed by atoms with E-state index in [4.69, 9.17) is 4.74 Å². The quantitative estimate of drug-likeness (QED) is 0.932. The summed E-state index contributed by atoms with van der Waals surface area (Å²) < 4.78 is 32.2. The smallest absolute Gasteiger partial charge is 0.407 e. The minimum atomic E-state index is -0.884. The molecule has 0 aromatic heterocycles. The Hall–Kier alpha value is -2.18. The third kappa shape index (κ3) is 3.72. The molecule has 120 valence electrons. The number of ether oxygens (including phenoxy) is 1. The molecular weight excluding hydrogens is 294 g/mol. The molecule has 1 aliphatic heterocycles. The first-order valence-corrected chi connectivity index (χ1v) is 7.19. The minimum Gasteiger partial charge on any atom is -0.450 e. The van der Waals surface area contributed by atoms with E-state index >= 15 is 0 Å². The molecule has 1 saturated heterocycles. The second kappa shape index (κ2) is 7.20. The second-order valence-corrected chi connectivity index (χ2v) is 5.05. The zero-order valence-corrected chi connectivity index (χ0v) is 12.3. The molecule has 22 heavy (non-hydrogen) atoms. The van der Waals surface area contributed by atoms with Gasteiger partial charge in [-0.2, -0.15) is 0 Å². The van der Waals surface area contributed by atoms with Crippen LogP contribution in [0.2, 0.25) is 0 Å². The zero-order chi connectivity index (χ0) is 16.1. The Labute approximate surface area is 127 Å². The van der Waals surface area contributed by atoms with Crippen molar-refractivity contribution in [1.82, 2.24) is 10.2 Å². The number of nitrogens with one attached hydrogen (secondary N) is 1. The standard InChI is InChI=1S/C15H18F2N2O3/c1-2-22-15(21)18-10-5-4-8-19(9-10)14(20)13-11(16)6-3-7-12(13)17/h3,6-7,10H,2,4-5,8-9H2,1H3,(H,18,21)/t10-/m0/s1. The van der Waals surface area contributed by atoms with E-state index in [1.54, 1.807) is 6.92 Å². The van der Waals surface area contributed by atoms with Gasteiger partial charge in [-0.25, -0.2) is 13.6 Å². The van der Waals surface area contributed by atoms with E-state index in [0.29, 0.717) is 19.4 Å². The van der Waals surface area contributed by atoms with Crippen LogP contribution in [0.15, 0.2) is 18.2 Å². The number of alkyl carbamates (subject to hydrolysis) is 1. The minimum absolute atomic E-state index is 0.200. The van der Waals surface area contributed by atoms with Gasteiger partial charge in [0.05, 0.1) is 6.61 Å². The highest BCUT2D eigenvalue weighted by atomic mass is 19.1. The van der Waals surface area contributed by atoms with Crippen molar-refractivity contribution in [2.24, 2.45) is 0 Å². The summed E-state index contributed by atoms with van der Waals surface area (Å²) in [6, 6.07) is 3.03. The molecular formula is C15H18F2N2O3. The van der Waals surface area contributed by atoms with Gasteiger partial charge >= 0.3 is 6.09 Å². The number of amides is 2. The van der Waals surface area contributed by atoms with Gasteiger partial charge in [-0.05, 0) is 31.9 Å². The summed E-state index contributed by atoms with van der Waals surface area (Å²) in [5, 5.41) is 2.64. The molecule has 1 aromatic carbocycles. The number of nitrogens with zero attached hydrogens (tertiary/aromatic N) is 1. The average molecular weight is 312 g/mol. The summed E-state index contributed by atoms with van der Waals surface area (Å²) in [5.41, 5.74) is -0.556. The summed E-state index contributed by atoms with van der Waals surface area (Å²) in [6.45, 7) is 2.54. The van der Waals surface area contributed by atoms with E-state index in [-0.39, 0.29) is 19.2 Å². The third-order valence-electron chi connectivity index (χ3n) is 3.48. The third-order valence-corrected chi connectivity index (χ3v) is 3.48. The summed E-state index contributed by atoms with van der Waals surface area (Å²) in [7, 11) is 0. The van der Waals surface area contributed by atoms with Crippen LogP contribution in [0.25, 0.3) is 0 Å². The molecule has 1 atom stereocenters. The Morgan fingerprint density at radius 2 is 2.05 bits per heavy atom. The predicted molar refractivity (Wildman–Crippen MR) is 75.4 cm³/mol. The van der Waals surface area contributed by atoms with Crippen LogP contribution < -0.4 is 5.32 Å². The maximum Gasteiger partial charge on any atom is 0.407 e. The number of likely N-dealkylation sites (tertiary alicyclic amines) is 1. The topological polar surface area (TPSA) is 58.6 Å². The fourth-order valence-electron chi connectivity index (χ4n) is 2.48. The van der Waals surface area contributed by atoms with Crippen LogP contribution in [0.1, 0.15) is 30.1 Å². The monoisotopic (exact) mass is 312 g/mol. The summed E-state index contributed by atoms with van der Waals surface area (Å²) in [5.74, 6) is -2.47. The van der Waals surface area contributed by atoms with Gasteiger partial charge < -0.3 is 15.0 Å². The van der Waals surface area contributed by atoms with E-state index in [1.807, 2.05) is 0 Å². The molecule has 0 spiro atoms. The van der Waals surface area contributed by atoms with E-state index in [2.05, 4.69) is 5.32 Å². The van der Waals surface area contributed by atoms with Crippen LogP contribution in [0.3, 0.4) is 0 Å². The number of carbonyl (C=O) groups excluding carboxylic acids is 2. The van der Waals surface area contributed by atoms with E-state index in [9.17, 15) is 18.4 Å². The van der Waals surface area contributed by atoms with Crippen molar-refractivity contribution >= 4 is 12.0 Å². The average Bonchev–Trinajstić information content (AvgIpc) is 2.47. The van der Waals surface area contributed by atoms with Crippen molar-refractivity contribution in [2.75, 3.05) is 19.7 Å². The summed E-state index contributed by atoms with van der Waals surface area (Å²) in [6.07, 6.45) is 0.764. The number of piperidine rings is 1.